The van der Waals surface area contributed by atoms with E-state index in [1.54, 1.807) is 0 Å². The van der Waals surface area contributed by atoms with Gasteiger partial charge >= 0.3 is 0 Å². The highest BCUT2D eigenvalue weighted by Crippen LogP contribution is 2.13. The molecule has 0 saturated carbocycles. The van der Waals surface area contributed by atoms with Crippen molar-refractivity contribution in [3.8, 4) is 0 Å². The van der Waals surface area contributed by atoms with Crippen LogP contribution in [0.2, 0.25) is 0 Å². The minimum Gasteiger partial charge on any atom is -0.352 e. The number of hydrogen-bond acceptors (Lipinski definition) is 2. The van der Waals surface area contributed by atoms with E-state index in [-0.39, 0.29) is 5.91 Å². The highest BCUT2D eigenvalue weighted by atomic mass is 16.1. The molecular formula is C16H24N2O. The number of nitrogens with zero attached hydrogens (tertiary/aromatic N) is 1. The first-order valence-electron chi connectivity index (χ1n) is 7.30. The number of piperidine rings is 1. The van der Waals surface area contributed by atoms with E-state index in [1.165, 1.54) is 19.3 Å². The second kappa shape index (κ2) is 7.29. The van der Waals surface area contributed by atoms with Gasteiger partial charge in [0.1, 0.15) is 0 Å². The summed E-state index contributed by atoms with van der Waals surface area (Å²) >= 11 is 0. The van der Waals surface area contributed by atoms with Crippen LogP contribution in [0.15, 0.2) is 30.3 Å². The Balaban J connectivity index is 1.71. The van der Waals surface area contributed by atoms with E-state index < -0.39 is 0 Å². The van der Waals surface area contributed by atoms with Crippen molar-refractivity contribution in [2.75, 3.05) is 13.1 Å². The Bertz CT molecular complexity index is 385. The predicted molar refractivity (Wildman–Crippen MR) is 77.8 cm³/mol. The monoisotopic (exact) mass is 260 g/mol. The van der Waals surface area contributed by atoms with Crippen LogP contribution in [-0.4, -0.2) is 29.9 Å². The molecule has 1 fully saturated rings. The summed E-state index contributed by atoms with van der Waals surface area (Å²) < 4.78 is 0. The second-order valence-corrected chi connectivity index (χ2v) is 5.41. The second-order valence-electron chi connectivity index (χ2n) is 5.41. The fourth-order valence-electron chi connectivity index (χ4n) is 2.63. The number of rotatable bonds is 5. The van der Waals surface area contributed by atoms with Gasteiger partial charge in [0.25, 0.3) is 0 Å². The Labute approximate surface area is 116 Å². The summed E-state index contributed by atoms with van der Waals surface area (Å²) in [5, 5.41) is 3.00. The molecular weight excluding hydrogens is 236 g/mol. The van der Waals surface area contributed by atoms with Crippen molar-refractivity contribution in [1.29, 1.82) is 0 Å². The van der Waals surface area contributed by atoms with Gasteiger partial charge in [-0.2, -0.15) is 0 Å². The lowest BCUT2D eigenvalue weighted by Crippen LogP contribution is -2.40. The minimum absolute atomic E-state index is 0.155. The molecule has 19 heavy (non-hydrogen) atoms. The Morgan fingerprint density at radius 3 is 2.58 bits per heavy atom. The number of hydrogen-bond donors (Lipinski definition) is 1. The molecule has 3 heteroatoms. The number of nitrogens with one attached hydrogen (secondary N) is 1. The van der Waals surface area contributed by atoms with Gasteiger partial charge in [0, 0.05) is 19.0 Å². The van der Waals surface area contributed by atoms with Gasteiger partial charge in [-0.3, -0.25) is 4.79 Å². The summed E-state index contributed by atoms with van der Waals surface area (Å²) in [5.74, 6) is 0.155. The molecule has 1 amide bonds. The fraction of sp³-hybridized carbons (Fsp3) is 0.562. The molecule has 1 saturated heterocycles. The maximum absolute atomic E-state index is 11.9. The van der Waals surface area contributed by atoms with Crippen molar-refractivity contribution >= 4 is 5.91 Å². The van der Waals surface area contributed by atoms with Crippen molar-refractivity contribution in [2.45, 2.75) is 45.2 Å². The van der Waals surface area contributed by atoms with Gasteiger partial charge in [-0.25, -0.2) is 0 Å². The van der Waals surface area contributed by atoms with Crippen LogP contribution in [0.1, 0.15) is 38.2 Å². The Hall–Kier alpha value is -1.35. The summed E-state index contributed by atoms with van der Waals surface area (Å²) in [7, 11) is 0. The first kappa shape index (κ1) is 14.1. The Kier molecular flexibility index (Phi) is 5.40. The number of carbonyl (C=O) groups is 1. The van der Waals surface area contributed by atoms with Crippen LogP contribution < -0.4 is 5.32 Å². The van der Waals surface area contributed by atoms with Crippen molar-refractivity contribution in [3.05, 3.63) is 35.9 Å². The van der Waals surface area contributed by atoms with E-state index in [1.807, 2.05) is 30.3 Å². The van der Waals surface area contributed by atoms with Gasteiger partial charge in [0.2, 0.25) is 5.91 Å². The number of carbonyl (C=O) groups excluding carboxylic acids is 1. The molecule has 1 atom stereocenters. The number of likely N-dealkylation sites (tertiary alicyclic amines) is 1. The van der Waals surface area contributed by atoms with Crippen LogP contribution in [0, 0.1) is 0 Å². The minimum atomic E-state index is 0.155. The van der Waals surface area contributed by atoms with Crippen LogP contribution in [0.5, 0.6) is 0 Å². The van der Waals surface area contributed by atoms with Crippen molar-refractivity contribution in [2.24, 2.45) is 0 Å². The maximum Gasteiger partial charge on any atom is 0.221 e. The zero-order valence-corrected chi connectivity index (χ0v) is 11.8. The zero-order valence-electron chi connectivity index (χ0n) is 11.8. The molecule has 1 aliphatic heterocycles. The van der Waals surface area contributed by atoms with Crippen LogP contribution in [0.25, 0.3) is 0 Å². The first-order valence-corrected chi connectivity index (χ1v) is 7.30. The molecule has 1 aromatic carbocycles. The third-order valence-electron chi connectivity index (χ3n) is 3.83. The van der Waals surface area contributed by atoms with Crippen LogP contribution in [-0.2, 0) is 11.3 Å². The molecule has 3 nitrogen and oxygen atoms in total. The molecule has 0 radical (unpaired) electrons. The average molecular weight is 260 g/mol. The Morgan fingerprint density at radius 1 is 1.21 bits per heavy atom. The predicted octanol–water partition coefficient (Wildman–Crippen LogP) is 2.57. The molecule has 0 aromatic heterocycles. The standard InChI is InChI=1S/C16H24N2O/c1-14(18-10-6-3-7-11-18)12-16(19)17-13-15-8-4-2-5-9-15/h2,4-5,8-9,14H,3,6-7,10-13H2,1H3,(H,17,19)/t14-/m1/s1. The molecule has 2 rings (SSSR count). The summed E-state index contributed by atoms with van der Waals surface area (Å²) in [4.78, 5) is 14.4. The topological polar surface area (TPSA) is 32.3 Å². The Morgan fingerprint density at radius 2 is 1.89 bits per heavy atom. The number of benzene rings is 1. The van der Waals surface area contributed by atoms with Gasteiger partial charge in [0.15, 0.2) is 0 Å². The van der Waals surface area contributed by atoms with Crippen LogP contribution in [0.4, 0.5) is 0 Å². The third kappa shape index (κ3) is 4.67. The smallest absolute Gasteiger partial charge is 0.221 e. The van der Waals surface area contributed by atoms with E-state index in [4.69, 9.17) is 0 Å². The van der Waals surface area contributed by atoms with Gasteiger partial charge in [-0.1, -0.05) is 36.8 Å². The van der Waals surface area contributed by atoms with Crippen molar-refractivity contribution < 1.29 is 4.79 Å². The molecule has 0 unspecified atom stereocenters. The van der Waals surface area contributed by atoms with Crippen LogP contribution >= 0.6 is 0 Å². The SMILES string of the molecule is C[C@H](CC(=O)NCc1ccccc1)N1CCCCC1. The quantitative estimate of drug-likeness (QED) is 0.882. The lowest BCUT2D eigenvalue weighted by molar-refractivity contribution is -0.122. The van der Waals surface area contributed by atoms with Gasteiger partial charge in [-0.05, 0) is 38.4 Å². The highest BCUT2D eigenvalue weighted by Gasteiger charge is 2.18. The van der Waals surface area contributed by atoms with Gasteiger partial charge in [0.05, 0.1) is 0 Å². The number of amides is 1. The van der Waals surface area contributed by atoms with Crippen LogP contribution in [0.3, 0.4) is 0 Å². The molecule has 0 aliphatic carbocycles. The molecule has 0 spiro atoms. The first-order chi connectivity index (χ1) is 9.25. The molecule has 1 aromatic rings. The molecule has 104 valence electrons. The van der Waals surface area contributed by atoms with E-state index in [0.717, 1.165) is 18.7 Å². The molecule has 1 heterocycles. The normalized spacial score (nSPS) is 17.9. The summed E-state index contributed by atoms with van der Waals surface area (Å²) in [6.45, 7) is 5.08. The maximum atomic E-state index is 11.9. The van der Waals surface area contributed by atoms with E-state index in [9.17, 15) is 4.79 Å². The fourth-order valence-corrected chi connectivity index (χ4v) is 2.63. The van der Waals surface area contributed by atoms with E-state index in [2.05, 4.69) is 17.1 Å². The van der Waals surface area contributed by atoms with E-state index >= 15 is 0 Å². The summed E-state index contributed by atoms with van der Waals surface area (Å²) in [6, 6.07) is 10.4. The third-order valence-corrected chi connectivity index (χ3v) is 3.83. The largest absolute Gasteiger partial charge is 0.352 e. The van der Waals surface area contributed by atoms with Gasteiger partial charge < -0.3 is 10.2 Å². The average Bonchev–Trinajstić information content (AvgIpc) is 2.47. The lowest BCUT2D eigenvalue weighted by Gasteiger charge is -2.32. The van der Waals surface area contributed by atoms with Gasteiger partial charge in [-0.15, -0.1) is 0 Å². The highest BCUT2D eigenvalue weighted by molar-refractivity contribution is 5.76. The van der Waals surface area contributed by atoms with E-state index in [0.29, 0.717) is 19.0 Å². The molecule has 1 aliphatic rings. The zero-order chi connectivity index (χ0) is 13.5. The molecule has 1 N–H and O–H groups in total. The summed E-state index contributed by atoms with van der Waals surface area (Å²) in [6.07, 6.45) is 4.49. The summed E-state index contributed by atoms with van der Waals surface area (Å²) in [5.41, 5.74) is 1.15. The molecule has 0 bridgehead atoms. The van der Waals surface area contributed by atoms with Crippen molar-refractivity contribution in [1.82, 2.24) is 10.2 Å². The lowest BCUT2D eigenvalue weighted by atomic mass is 10.1. The van der Waals surface area contributed by atoms with Crippen molar-refractivity contribution in [3.63, 3.8) is 0 Å².